The molecule has 0 aliphatic carbocycles. The van der Waals surface area contributed by atoms with Crippen molar-refractivity contribution in [2.45, 2.75) is 20.8 Å². The quantitative estimate of drug-likeness (QED) is 0.623. The molecule has 0 radical (unpaired) electrons. The summed E-state index contributed by atoms with van der Waals surface area (Å²) in [6.45, 7) is 5.93. The average molecular weight is 262 g/mol. The minimum atomic E-state index is -0.544. The maximum atomic E-state index is 11.7. The molecule has 2 aromatic rings. The van der Waals surface area contributed by atoms with Gasteiger partial charge >= 0.3 is 5.97 Å². The van der Waals surface area contributed by atoms with Crippen molar-refractivity contribution in [2.24, 2.45) is 0 Å². The van der Waals surface area contributed by atoms with Gasteiger partial charge in [0.2, 0.25) is 5.76 Å². The Morgan fingerprint density at radius 3 is 2.47 bits per heavy atom. The number of methoxy groups -OCH3 is 1. The summed E-state index contributed by atoms with van der Waals surface area (Å²) in [4.78, 5) is 11.7. The van der Waals surface area contributed by atoms with E-state index < -0.39 is 5.97 Å². The Labute approximate surface area is 113 Å². The van der Waals surface area contributed by atoms with E-state index in [1.807, 2.05) is 26.8 Å². The highest BCUT2D eigenvalue weighted by Crippen LogP contribution is 2.28. The molecule has 1 aromatic heterocycles. The highest BCUT2D eigenvalue weighted by molar-refractivity contribution is 5.88. The van der Waals surface area contributed by atoms with Crippen molar-refractivity contribution < 1.29 is 18.7 Å². The smallest absolute Gasteiger partial charge is 0.379 e. The highest BCUT2D eigenvalue weighted by atomic mass is 16.6. The number of ether oxygens (including phenoxy) is 2. The summed E-state index contributed by atoms with van der Waals surface area (Å²) in [5.41, 5.74) is 1.03. The van der Waals surface area contributed by atoms with Crippen LogP contribution < -0.4 is 9.47 Å². The van der Waals surface area contributed by atoms with E-state index >= 15 is 0 Å². The summed E-state index contributed by atoms with van der Waals surface area (Å²) < 4.78 is 15.3. The molecule has 19 heavy (non-hydrogen) atoms. The summed E-state index contributed by atoms with van der Waals surface area (Å²) in [5.74, 6) is 0.509. The van der Waals surface area contributed by atoms with Crippen LogP contribution in [-0.2, 0) is 0 Å². The van der Waals surface area contributed by atoms with Gasteiger partial charge in [0.15, 0.2) is 11.5 Å². The van der Waals surface area contributed by atoms with Crippen LogP contribution >= 0.6 is 0 Å². The fourth-order valence-electron chi connectivity index (χ4n) is 1.40. The Bertz CT molecular complexity index is 515. The van der Waals surface area contributed by atoms with Gasteiger partial charge in [-0.2, -0.15) is 0 Å². The van der Waals surface area contributed by atoms with Crippen LogP contribution in [0.2, 0.25) is 0 Å². The molecule has 0 atom stereocenters. The SMILES string of the molecule is CC.COc1cc(C)ccc1OC(=O)c1ccco1. The third kappa shape index (κ3) is 3.88. The molecule has 2 rings (SSSR count). The van der Waals surface area contributed by atoms with Gasteiger partial charge < -0.3 is 13.9 Å². The van der Waals surface area contributed by atoms with Crippen LogP contribution in [0.25, 0.3) is 0 Å². The molecular weight excluding hydrogens is 244 g/mol. The molecule has 0 saturated heterocycles. The third-order valence-corrected chi connectivity index (χ3v) is 2.24. The number of rotatable bonds is 3. The summed E-state index contributed by atoms with van der Waals surface area (Å²) >= 11 is 0. The third-order valence-electron chi connectivity index (χ3n) is 2.24. The maximum absolute atomic E-state index is 11.7. The van der Waals surface area contributed by atoms with Crippen molar-refractivity contribution in [1.29, 1.82) is 0 Å². The first-order chi connectivity index (χ1) is 9.20. The first-order valence-corrected chi connectivity index (χ1v) is 6.11. The molecule has 0 spiro atoms. The van der Waals surface area contributed by atoms with Gasteiger partial charge in [-0.25, -0.2) is 4.79 Å². The van der Waals surface area contributed by atoms with E-state index in [4.69, 9.17) is 13.9 Å². The van der Waals surface area contributed by atoms with Gasteiger partial charge in [0, 0.05) is 0 Å². The lowest BCUT2D eigenvalue weighted by atomic mass is 10.2. The van der Waals surface area contributed by atoms with Gasteiger partial charge in [-0.1, -0.05) is 19.9 Å². The molecule has 0 bridgehead atoms. The lowest BCUT2D eigenvalue weighted by Gasteiger charge is -2.08. The maximum Gasteiger partial charge on any atom is 0.379 e. The first-order valence-electron chi connectivity index (χ1n) is 6.11. The fraction of sp³-hybridized carbons (Fsp3) is 0.267. The van der Waals surface area contributed by atoms with Crippen LogP contribution in [-0.4, -0.2) is 13.1 Å². The number of benzene rings is 1. The molecule has 1 heterocycles. The molecule has 0 fully saturated rings. The van der Waals surface area contributed by atoms with Gasteiger partial charge in [0.1, 0.15) is 0 Å². The van der Waals surface area contributed by atoms with E-state index in [1.165, 1.54) is 13.4 Å². The second-order valence-electron chi connectivity index (χ2n) is 3.52. The van der Waals surface area contributed by atoms with Gasteiger partial charge in [-0.05, 0) is 36.8 Å². The Kier molecular flexibility index (Phi) is 5.67. The molecule has 1 aromatic carbocycles. The summed E-state index contributed by atoms with van der Waals surface area (Å²) in [7, 11) is 1.53. The van der Waals surface area contributed by atoms with Crippen LogP contribution in [0.4, 0.5) is 0 Å². The first kappa shape index (κ1) is 14.8. The predicted molar refractivity (Wildman–Crippen MR) is 72.7 cm³/mol. The van der Waals surface area contributed by atoms with Gasteiger partial charge in [0.25, 0.3) is 0 Å². The van der Waals surface area contributed by atoms with Crippen molar-refractivity contribution in [2.75, 3.05) is 7.11 Å². The molecule has 0 unspecified atom stereocenters. The second kappa shape index (κ2) is 7.26. The number of esters is 1. The highest BCUT2D eigenvalue weighted by Gasteiger charge is 2.14. The number of hydrogen-bond acceptors (Lipinski definition) is 4. The average Bonchev–Trinajstić information content (AvgIpc) is 2.97. The fourth-order valence-corrected chi connectivity index (χ4v) is 1.40. The number of aryl methyl sites for hydroxylation is 1. The Balaban J connectivity index is 0.000000861. The number of hydrogen-bond donors (Lipinski definition) is 0. The van der Waals surface area contributed by atoms with Crippen LogP contribution in [0, 0.1) is 6.92 Å². The minimum absolute atomic E-state index is 0.160. The zero-order valence-corrected chi connectivity index (χ0v) is 11.6. The summed E-state index contributed by atoms with van der Waals surface area (Å²) in [5, 5.41) is 0. The van der Waals surface area contributed by atoms with Crippen molar-refractivity contribution in [3.63, 3.8) is 0 Å². The molecule has 0 aliphatic rings. The van der Waals surface area contributed by atoms with Gasteiger partial charge in [-0.15, -0.1) is 0 Å². The van der Waals surface area contributed by atoms with Gasteiger partial charge in [0.05, 0.1) is 13.4 Å². The molecule has 102 valence electrons. The Morgan fingerprint density at radius 2 is 1.89 bits per heavy atom. The lowest BCUT2D eigenvalue weighted by molar-refractivity contribution is 0.0696. The van der Waals surface area contributed by atoms with Crippen molar-refractivity contribution in [1.82, 2.24) is 0 Å². The number of furan rings is 1. The summed E-state index contributed by atoms with van der Waals surface area (Å²) in [6.07, 6.45) is 1.42. The molecule has 0 N–H and O–H groups in total. The zero-order chi connectivity index (χ0) is 14.3. The molecule has 0 aliphatic heterocycles. The minimum Gasteiger partial charge on any atom is -0.493 e. The van der Waals surface area contributed by atoms with E-state index in [-0.39, 0.29) is 5.76 Å². The normalized spacial score (nSPS) is 9.26. The molecular formula is C15H18O4. The molecule has 4 nitrogen and oxygen atoms in total. The lowest BCUT2D eigenvalue weighted by Crippen LogP contribution is -2.08. The van der Waals surface area contributed by atoms with Crippen LogP contribution in [0.5, 0.6) is 11.5 Å². The zero-order valence-electron chi connectivity index (χ0n) is 11.6. The largest absolute Gasteiger partial charge is 0.493 e. The van der Waals surface area contributed by atoms with E-state index in [0.717, 1.165) is 5.56 Å². The number of carbonyl (C=O) groups is 1. The van der Waals surface area contributed by atoms with Crippen molar-refractivity contribution in [3.8, 4) is 11.5 Å². The van der Waals surface area contributed by atoms with E-state index in [0.29, 0.717) is 11.5 Å². The second-order valence-corrected chi connectivity index (χ2v) is 3.52. The standard InChI is InChI=1S/C13H12O4.C2H6/c1-9-5-6-10(12(8-9)15-2)17-13(14)11-4-3-7-16-11;1-2/h3-8H,1-2H3;1-2H3. The molecule has 0 saturated carbocycles. The molecule has 0 amide bonds. The van der Waals surface area contributed by atoms with Crippen LogP contribution in [0.3, 0.4) is 0 Å². The Hall–Kier alpha value is -2.23. The van der Waals surface area contributed by atoms with Crippen LogP contribution in [0.15, 0.2) is 41.0 Å². The van der Waals surface area contributed by atoms with Gasteiger partial charge in [-0.3, -0.25) is 0 Å². The van der Waals surface area contributed by atoms with E-state index in [9.17, 15) is 4.79 Å². The van der Waals surface area contributed by atoms with Crippen LogP contribution in [0.1, 0.15) is 30.0 Å². The number of carbonyl (C=O) groups excluding carboxylic acids is 1. The van der Waals surface area contributed by atoms with E-state index in [1.54, 1.807) is 24.3 Å². The summed E-state index contributed by atoms with van der Waals surface area (Å²) in [6, 6.07) is 8.50. The Morgan fingerprint density at radius 1 is 1.16 bits per heavy atom. The predicted octanol–water partition coefficient (Wildman–Crippen LogP) is 3.84. The monoisotopic (exact) mass is 262 g/mol. The van der Waals surface area contributed by atoms with Crippen molar-refractivity contribution >= 4 is 5.97 Å². The van der Waals surface area contributed by atoms with E-state index in [2.05, 4.69) is 0 Å². The topological polar surface area (TPSA) is 48.7 Å². The molecule has 4 heteroatoms. The van der Waals surface area contributed by atoms with Crippen molar-refractivity contribution in [3.05, 3.63) is 47.9 Å².